The maximum atomic E-state index is 12.8. The molecular formula is C23H23BrN2O4. The second-order valence-electron chi connectivity index (χ2n) is 7.36. The number of methoxy groups -OCH3 is 1. The van der Waals surface area contributed by atoms with E-state index in [4.69, 9.17) is 9.15 Å². The van der Waals surface area contributed by atoms with Crippen molar-refractivity contribution in [2.75, 3.05) is 26.7 Å². The van der Waals surface area contributed by atoms with E-state index in [9.17, 15) is 9.59 Å². The van der Waals surface area contributed by atoms with Crippen molar-refractivity contribution in [2.24, 2.45) is 0 Å². The average Bonchev–Trinajstić information content (AvgIpc) is 3.28. The lowest BCUT2D eigenvalue weighted by Crippen LogP contribution is -2.37. The van der Waals surface area contributed by atoms with Crippen molar-refractivity contribution >= 4 is 32.8 Å². The first-order valence-corrected chi connectivity index (χ1v) is 10.7. The number of fused-ring (bicyclic) bond motifs is 1. The van der Waals surface area contributed by atoms with Crippen LogP contribution in [0.25, 0.3) is 11.0 Å². The first-order valence-electron chi connectivity index (χ1n) is 9.95. The molecule has 1 aliphatic rings. The van der Waals surface area contributed by atoms with Gasteiger partial charge in [-0.05, 0) is 61.8 Å². The van der Waals surface area contributed by atoms with Crippen LogP contribution < -0.4 is 15.5 Å². The van der Waals surface area contributed by atoms with Crippen LogP contribution in [0.4, 0.5) is 0 Å². The highest BCUT2D eigenvalue weighted by Gasteiger charge is 2.24. The predicted octanol–water partition coefficient (Wildman–Crippen LogP) is 4.13. The van der Waals surface area contributed by atoms with Crippen LogP contribution in [-0.4, -0.2) is 37.6 Å². The molecule has 1 amide bonds. The molecule has 4 rings (SSSR count). The second-order valence-corrected chi connectivity index (χ2v) is 8.27. The molecule has 0 radical (unpaired) electrons. The van der Waals surface area contributed by atoms with E-state index in [1.54, 1.807) is 25.3 Å². The van der Waals surface area contributed by atoms with Crippen LogP contribution >= 0.6 is 15.9 Å². The summed E-state index contributed by atoms with van der Waals surface area (Å²) in [5.74, 6) is 0.416. The molecule has 0 saturated carbocycles. The standard InChI is InChI=1S/C23H23BrN2O4/c1-29-17-7-4-15(5-8-17)19(26-10-2-3-11-26)14-25-23(28)22-13-20(27)18-9-6-16(24)12-21(18)30-22/h4-9,12-13,19H,2-3,10-11,14H2,1H3,(H,25,28)/t19-/m1/s1. The van der Waals surface area contributed by atoms with E-state index in [2.05, 4.69) is 26.1 Å². The zero-order valence-corrected chi connectivity index (χ0v) is 18.3. The number of nitrogens with one attached hydrogen (secondary N) is 1. The molecular weight excluding hydrogens is 448 g/mol. The molecule has 1 N–H and O–H groups in total. The molecule has 1 atom stereocenters. The highest BCUT2D eigenvalue weighted by atomic mass is 79.9. The third-order valence-corrected chi connectivity index (χ3v) is 5.95. The van der Waals surface area contributed by atoms with Gasteiger partial charge in [0.25, 0.3) is 5.91 Å². The van der Waals surface area contributed by atoms with Gasteiger partial charge in [0, 0.05) is 17.1 Å². The number of carbonyl (C=O) groups is 1. The Bertz CT molecular complexity index is 1100. The predicted molar refractivity (Wildman–Crippen MR) is 119 cm³/mol. The van der Waals surface area contributed by atoms with E-state index >= 15 is 0 Å². The minimum absolute atomic E-state index is 0.0144. The summed E-state index contributed by atoms with van der Waals surface area (Å²) >= 11 is 3.37. The monoisotopic (exact) mass is 470 g/mol. The normalized spacial score (nSPS) is 15.3. The van der Waals surface area contributed by atoms with Crippen LogP contribution in [0.2, 0.25) is 0 Å². The molecule has 0 aliphatic carbocycles. The molecule has 0 bridgehead atoms. The van der Waals surface area contributed by atoms with Crippen LogP contribution in [0.1, 0.15) is 35.0 Å². The summed E-state index contributed by atoms with van der Waals surface area (Å²) in [4.78, 5) is 27.5. The summed E-state index contributed by atoms with van der Waals surface area (Å²) in [6.45, 7) is 2.41. The van der Waals surface area contributed by atoms with Crippen molar-refractivity contribution in [1.82, 2.24) is 10.2 Å². The SMILES string of the molecule is COc1ccc([C@@H](CNC(=O)c2cc(=O)c3ccc(Br)cc3o2)N2CCCC2)cc1. The highest BCUT2D eigenvalue weighted by Crippen LogP contribution is 2.26. The Labute approximate surface area is 183 Å². The molecule has 30 heavy (non-hydrogen) atoms. The number of amides is 1. The second kappa shape index (κ2) is 9.02. The topological polar surface area (TPSA) is 71.8 Å². The van der Waals surface area contributed by atoms with E-state index in [1.165, 1.54) is 6.07 Å². The summed E-state index contributed by atoms with van der Waals surface area (Å²) in [6, 6.07) is 14.4. The molecule has 1 saturated heterocycles. The van der Waals surface area contributed by atoms with Crippen molar-refractivity contribution in [3.63, 3.8) is 0 Å². The van der Waals surface area contributed by atoms with Crippen LogP contribution in [-0.2, 0) is 0 Å². The molecule has 2 aromatic carbocycles. The van der Waals surface area contributed by atoms with Gasteiger partial charge >= 0.3 is 0 Å². The molecule has 6 nitrogen and oxygen atoms in total. The average molecular weight is 471 g/mol. The summed E-state index contributed by atoms with van der Waals surface area (Å²) in [7, 11) is 1.64. The summed E-state index contributed by atoms with van der Waals surface area (Å²) < 4.78 is 11.7. The molecule has 2 heterocycles. The van der Waals surface area contributed by atoms with Crippen molar-refractivity contribution in [3.05, 3.63) is 74.6 Å². The van der Waals surface area contributed by atoms with Gasteiger partial charge in [0.1, 0.15) is 11.3 Å². The van der Waals surface area contributed by atoms with E-state index in [1.807, 2.05) is 24.3 Å². The first-order chi connectivity index (χ1) is 14.5. The maximum Gasteiger partial charge on any atom is 0.287 e. The van der Waals surface area contributed by atoms with Gasteiger partial charge in [-0.25, -0.2) is 0 Å². The van der Waals surface area contributed by atoms with Crippen molar-refractivity contribution in [1.29, 1.82) is 0 Å². The number of ether oxygens (including phenoxy) is 1. The van der Waals surface area contributed by atoms with Crippen molar-refractivity contribution in [3.8, 4) is 5.75 Å². The van der Waals surface area contributed by atoms with Crippen LogP contribution in [0.5, 0.6) is 5.75 Å². The zero-order chi connectivity index (χ0) is 21.1. The molecule has 7 heteroatoms. The third kappa shape index (κ3) is 4.42. The van der Waals surface area contributed by atoms with E-state index in [0.717, 1.165) is 41.7 Å². The Hall–Kier alpha value is -2.64. The van der Waals surface area contributed by atoms with Gasteiger partial charge in [0.05, 0.1) is 18.5 Å². The smallest absolute Gasteiger partial charge is 0.287 e. The van der Waals surface area contributed by atoms with Gasteiger partial charge in [-0.15, -0.1) is 0 Å². The summed E-state index contributed by atoms with van der Waals surface area (Å²) in [5.41, 5.74) is 1.26. The largest absolute Gasteiger partial charge is 0.497 e. The molecule has 156 valence electrons. The number of likely N-dealkylation sites (tertiary alicyclic amines) is 1. The number of hydrogen-bond donors (Lipinski definition) is 1. The van der Waals surface area contributed by atoms with E-state index in [0.29, 0.717) is 17.5 Å². The Balaban J connectivity index is 1.54. The van der Waals surface area contributed by atoms with Gasteiger partial charge in [0.15, 0.2) is 11.2 Å². The van der Waals surface area contributed by atoms with Crippen LogP contribution in [0.3, 0.4) is 0 Å². The quantitative estimate of drug-likeness (QED) is 0.586. The number of rotatable bonds is 6. The first kappa shape index (κ1) is 20.6. The van der Waals surface area contributed by atoms with Gasteiger partial charge in [-0.3, -0.25) is 14.5 Å². The molecule has 3 aromatic rings. The fourth-order valence-electron chi connectivity index (χ4n) is 3.85. The zero-order valence-electron chi connectivity index (χ0n) is 16.7. The molecule has 0 spiro atoms. The lowest BCUT2D eigenvalue weighted by Gasteiger charge is -2.28. The number of nitrogens with zero attached hydrogens (tertiary/aromatic N) is 1. The Morgan fingerprint density at radius 1 is 1.17 bits per heavy atom. The molecule has 1 aliphatic heterocycles. The van der Waals surface area contributed by atoms with Gasteiger partial charge in [-0.1, -0.05) is 28.1 Å². The Morgan fingerprint density at radius 2 is 1.90 bits per heavy atom. The third-order valence-electron chi connectivity index (χ3n) is 5.45. The summed E-state index contributed by atoms with van der Waals surface area (Å²) in [6.07, 6.45) is 2.30. The van der Waals surface area contributed by atoms with Gasteiger partial charge in [-0.2, -0.15) is 0 Å². The lowest BCUT2D eigenvalue weighted by atomic mass is 10.1. The number of hydrogen-bond acceptors (Lipinski definition) is 5. The lowest BCUT2D eigenvalue weighted by molar-refractivity contribution is 0.0910. The molecule has 0 unspecified atom stereocenters. The number of benzene rings is 2. The van der Waals surface area contributed by atoms with Crippen molar-refractivity contribution in [2.45, 2.75) is 18.9 Å². The molecule has 1 aromatic heterocycles. The maximum absolute atomic E-state index is 12.8. The Morgan fingerprint density at radius 3 is 2.60 bits per heavy atom. The van der Waals surface area contributed by atoms with E-state index in [-0.39, 0.29) is 17.2 Å². The number of carbonyl (C=O) groups excluding carboxylic acids is 1. The van der Waals surface area contributed by atoms with Crippen molar-refractivity contribution < 1.29 is 13.9 Å². The van der Waals surface area contributed by atoms with E-state index < -0.39 is 5.91 Å². The van der Waals surface area contributed by atoms with Gasteiger partial charge in [0.2, 0.25) is 0 Å². The fraction of sp³-hybridized carbons (Fsp3) is 0.304. The van der Waals surface area contributed by atoms with Gasteiger partial charge < -0.3 is 14.5 Å². The highest BCUT2D eigenvalue weighted by molar-refractivity contribution is 9.10. The Kier molecular flexibility index (Phi) is 6.20. The van der Waals surface area contributed by atoms with Crippen LogP contribution in [0, 0.1) is 0 Å². The minimum atomic E-state index is -0.397. The van der Waals surface area contributed by atoms with Crippen LogP contribution in [0.15, 0.2) is 62.2 Å². The summed E-state index contributed by atoms with van der Waals surface area (Å²) in [5, 5.41) is 3.40. The fourth-order valence-corrected chi connectivity index (χ4v) is 4.19. The number of halogens is 1. The molecule has 1 fully saturated rings. The minimum Gasteiger partial charge on any atom is -0.497 e.